The van der Waals surface area contributed by atoms with Crippen LogP contribution in [-0.4, -0.2) is 29.8 Å². The molecule has 3 aromatic rings. The first-order valence-corrected chi connectivity index (χ1v) is 12.3. The number of aromatic nitrogens is 2. The summed E-state index contributed by atoms with van der Waals surface area (Å²) < 4.78 is 61.0. The number of ether oxygens (including phenoxy) is 1. The molecule has 1 N–H and O–H groups in total. The first-order chi connectivity index (χ1) is 16.8. The van der Waals surface area contributed by atoms with Gasteiger partial charge in [-0.15, -0.1) is 0 Å². The molecule has 3 rings (SSSR count). The molecule has 10 heteroatoms. The lowest BCUT2D eigenvalue weighted by Crippen LogP contribution is -2.10. The van der Waals surface area contributed by atoms with Crippen molar-refractivity contribution >= 4 is 28.4 Å². The summed E-state index contributed by atoms with van der Waals surface area (Å²) in [4.78, 5) is 12.2. The predicted octanol–water partition coefficient (Wildman–Crippen LogP) is 7.89. The van der Waals surface area contributed by atoms with Crippen molar-refractivity contribution in [2.75, 3.05) is 19.0 Å². The molecule has 0 spiro atoms. The average Bonchev–Trinajstić information content (AvgIpc) is 3.19. The van der Waals surface area contributed by atoms with Gasteiger partial charge in [0, 0.05) is 42.5 Å². The minimum absolute atomic E-state index is 0.0614. The summed E-state index contributed by atoms with van der Waals surface area (Å²) in [5.41, 5.74) is 0.430. The summed E-state index contributed by atoms with van der Waals surface area (Å²) in [7, 11) is 1.61. The van der Waals surface area contributed by atoms with Gasteiger partial charge in [-0.1, -0.05) is 50.4 Å². The highest BCUT2D eigenvalue weighted by atomic mass is 32.1. The van der Waals surface area contributed by atoms with E-state index in [1.807, 2.05) is 0 Å². The number of benzene rings is 1. The topological polar surface area (TPSA) is 59.4 Å². The fourth-order valence-corrected chi connectivity index (χ4v) is 4.22. The van der Waals surface area contributed by atoms with Gasteiger partial charge >= 0.3 is 6.18 Å². The zero-order valence-electron chi connectivity index (χ0n) is 19.7. The Hall–Kier alpha value is -3.01. The number of unbranched alkanes of at least 4 members (excludes halogenated alkanes) is 5. The summed E-state index contributed by atoms with van der Waals surface area (Å²) in [6.07, 6.45) is 6.11. The maximum Gasteiger partial charge on any atom is 0.420 e. The van der Waals surface area contributed by atoms with Crippen LogP contribution in [0.15, 0.2) is 41.7 Å². The quantitative estimate of drug-likeness (QED) is 0.153. The predicted molar refractivity (Wildman–Crippen MR) is 132 cm³/mol. The Morgan fingerprint density at radius 3 is 2.60 bits per heavy atom. The number of rotatable bonds is 12. The van der Waals surface area contributed by atoms with E-state index in [1.165, 1.54) is 18.3 Å². The lowest BCUT2D eigenvalue weighted by atomic mass is 10.1. The van der Waals surface area contributed by atoms with Gasteiger partial charge in [-0.05, 0) is 30.7 Å². The van der Waals surface area contributed by atoms with Crippen molar-refractivity contribution in [3.63, 3.8) is 0 Å². The van der Waals surface area contributed by atoms with Crippen LogP contribution in [-0.2, 0) is 6.18 Å². The molecule has 2 heterocycles. The van der Waals surface area contributed by atoms with Gasteiger partial charge in [-0.25, -0.2) is 4.98 Å². The summed E-state index contributed by atoms with van der Waals surface area (Å²) in [5, 5.41) is 2.33. The van der Waals surface area contributed by atoms with Crippen LogP contribution >= 0.6 is 11.3 Å². The third kappa shape index (κ3) is 7.74. The standard InChI is InChI=1S/C25H28F4N4OS/c1-3-4-5-6-7-8-11-34-21-10-9-19(13-20(21)25(27,28)29)32-24-33-22(23(26)35-24)18-12-17(14-30-2)15-31-16-18/h9-10,12-16H,3-8,11H2,1-2H3,(H,32,33). The average molecular weight is 509 g/mol. The normalized spacial score (nSPS) is 11.8. The van der Waals surface area contributed by atoms with Crippen LogP contribution in [0.3, 0.4) is 0 Å². The molecular formula is C25H28F4N4OS. The Bertz CT molecular complexity index is 1130. The van der Waals surface area contributed by atoms with Crippen molar-refractivity contribution in [1.82, 2.24) is 9.97 Å². The van der Waals surface area contributed by atoms with Gasteiger partial charge in [0.2, 0.25) is 5.13 Å². The molecule has 188 valence electrons. The molecule has 2 aromatic heterocycles. The number of hydrogen-bond acceptors (Lipinski definition) is 6. The van der Waals surface area contributed by atoms with E-state index in [4.69, 9.17) is 4.74 Å². The van der Waals surface area contributed by atoms with E-state index in [9.17, 15) is 17.6 Å². The van der Waals surface area contributed by atoms with Crippen LogP contribution in [0.25, 0.3) is 11.3 Å². The highest BCUT2D eigenvalue weighted by Crippen LogP contribution is 2.39. The molecule has 0 saturated carbocycles. The van der Waals surface area contributed by atoms with Gasteiger partial charge in [-0.2, -0.15) is 17.6 Å². The van der Waals surface area contributed by atoms with E-state index in [1.54, 1.807) is 25.5 Å². The minimum Gasteiger partial charge on any atom is -0.493 e. The Balaban J connectivity index is 1.71. The molecule has 35 heavy (non-hydrogen) atoms. The second kappa shape index (κ2) is 12.6. The molecule has 0 aliphatic heterocycles. The van der Waals surface area contributed by atoms with Crippen molar-refractivity contribution < 1.29 is 22.3 Å². The van der Waals surface area contributed by atoms with Crippen molar-refractivity contribution in [2.45, 2.75) is 51.6 Å². The molecule has 0 amide bonds. The number of hydrogen-bond donors (Lipinski definition) is 1. The van der Waals surface area contributed by atoms with E-state index >= 15 is 0 Å². The van der Waals surface area contributed by atoms with Crippen LogP contribution in [0, 0.1) is 5.13 Å². The highest BCUT2D eigenvalue weighted by molar-refractivity contribution is 7.14. The SMILES string of the molecule is CCCCCCCCOc1ccc(Nc2nc(-c3cncc(C=NC)c3)c(F)s2)cc1C(F)(F)F. The van der Waals surface area contributed by atoms with Gasteiger partial charge in [0.25, 0.3) is 0 Å². The largest absolute Gasteiger partial charge is 0.493 e. The molecular weight excluding hydrogens is 480 g/mol. The molecule has 0 atom stereocenters. The second-order valence-corrected chi connectivity index (χ2v) is 8.93. The second-order valence-electron chi connectivity index (χ2n) is 7.99. The molecule has 5 nitrogen and oxygen atoms in total. The first-order valence-electron chi connectivity index (χ1n) is 11.5. The number of nitrogens with one attached hydrogen (secondary N) is 1. The third-order valence-corrected chi connectivity index (χ3v) is 5.95. The molecule has 0 aliphatic carbocycles. The molecule has 0 fully saturated rings. The van der Waals surface area contributed by atoms with E-state index in [0.29, 0.717) is 28.9 Å². The van der Waals surface area contributed by atoms with Gasteiger partial charge in [0.15, 0.2) is 5.13 Å². The number of halogens is 4. The maximum absolute atomic E-state index is 14.6. The number of aliphatic imine (C=N–C) groups is 1. The fraction of sp³-hybridized carbons (Fsp3) is 0.400. The number of nitrogens with zero attached hydrogens (tertiary/aromatic N) is 3. The Labute approximate surface area is 206 Å². The molecule has 0 unspecified atom stereocenters. The van der Waals surface area contributed by atoms with Crippen LogP contribution < -0.4 is 10.1 Å². The van der Waals surface area contributed by atoms with E-state index in [-0.39, 0.29) is 28.9 Å². The van der Waals surface area contributed by atoms with E-state index < -0.39 is 16.9 Å². The summed E-state index contributed by atoms with van der Waals surface area (Å²) in [6, 6.07) is 5.38. The smallest absolute Gasteiger partial charge is 0.420 e. The molecule has 0 radical (unpaired) electrons. The number of thiazole rings is 1. The van der Waals surface area contributed by atoms with Gasteiger partial charge < -0.3 is 10.1 Å². The molecule has 0 aliphatic rings. The number of alkyl halides is 3. The molecule has 0 saturated heterocycles. The highest BCUT2D eigenvalue weighted by Gasteiger charge is 2.35. The van der Waals surface area contributed by atoms with Crippen molar-refractivity contribution in [3.05, 3.63) is 52.9 Å². The third-order valence-electron chi connectivity index (χ3n) is 5.19. The van der Waals surface area contributed by atoms with Crippen molar-refractivity contribution in [3.8, 4) is 17.0 Å². The van der Waals surface area contributed by atoms with E-state index in [2.05, 4.69) is 27.2 Å². The van der Waals surface area contributed by atoms with Crippen LogP contribution in [0.4, 0.5) is 28.4 Å². The minimum atomic E-state index is -4.60. The van der Waals surface area contributed by atoms with Crippen molar-refractivity contribution in [1.29, 1.82) is 0 Å². The number of pyridine rings is 1. The Morgan fingerprint density at radius 1 is 1.09 bits per heavy atom. The van der Waals surface area contributed by atoms with Gasteiger partial charge in [-0.3, -0.25) is 9.98 Å². The van der Waals surface area contributed by atoms with Gasteiger partial charge in [0.1, 0.15) is 11.4 Å². The lowest BCUT2D eigenvalue weighted by molar-refractivity contribution is -0.138. The number of anilines is 2. The first kappa shape index (κ1) is 26.6. The summed E-state index contributed by atoms with van der Waals surface area (Å²) in [5.74, 6) is -0.219. The van der Waals surface area contributed by atoms with Crippen LogP contribution in [0.5, 0.6) is 5.75 Å². The van der Waals surface area contributed by atoms with Crippen molar-refractivity contribution in [2.24, 2.45) is 4.99 Å². The monoisotopic (exact) mass is 508 g/mol. The van der Waals surface area contributed by atoms with Crippen LogP contribution in [0.1, 0.15) is 56.6 Å². The Kier molecular flexibility index (Phi) is 9.59. The fourth-order valence-electron chi connectivity index (χ4n) is 3.48. The lowest BCUT2D eigenvalue weighted by Gasteiger charge is -2.15. The van der Waals surface area contributed by atoms with Crippen LogP contribution in [0.2, 0.25) is 0 Å². The molecule has 0 bridgehead atoms. The van der Waals surface area contributed by atoms with Gasteiger partial charge in [0.05, 0.1) is 12.2 Å². The van der Waals surface area contributed by atoms with E-state index in [0.717, 1.165) is 38.2 Å². The zero-order chi connectivity index (χ0) is 25.3. The molecule has 1 aromatic carbocycles. The maximum atomic E-state index is 14.6. The summed E-state index contributed by atoms with van der Waals surface area (Å²) >= 11 is 0.703. The Morgan fingerprint density at radius 2 is 1.86 bits per heavy atom. The summed E-state index contributed by atoms with van der Waals surface area (Å²) in [6.45, 7) is 2.35. The zero-order valence-corrected chi connectivity index (χ0v) is 20.5.